The van der Waals surface area contributed by atoms with E-state index < -0.39 is 0 Å². The zero-order chi connectivity index (χ0) is 18.2. The third kappa shape index (κ3) is 4.95. The molecule has 0 saturated heterocycles. The van der Waals surface area contributed by atoms with Gasteiger partial charge in [-0.05, 0) is 36.6 Å². The highest BCUT2D eigenvalue weighted by atomic mass is 35.5. The van der Waals surface area contributed by atoms with Gasteiger partial charge in [-0.1, -0.05) is 19.1 Å². The summed E-state index contributed by atoms with van der Waals surface area (Å²) >= 11 is 5.69. The largest absolute Gasteiger partial charge is 0.496 e. The number of carbonyl (C=O) groups is 1. The lowest BCUT2D eigenvalue weighted by Crippen LogP contribution is -2.07. The second-order valence-electron chi connectivity index (χ2n) is 5.62. The molecule has 5 heteroatoms. The lowest BCUT2D eigenvalue weighted by molar-refractivity contribution is 0.0977. The van der Waals surface area contributed by atoms with E-state index in [2.05, 4.69) is 0 Å². The Balaban J connectivity index is 2.50. The summed E-state index contributed by atoms with van der Waals surface area (Å²) in [5.74, 6) is 1.25. The van der Waals surface area contributed by atoms with Crippen LogP contribution in [-0.2, 0) is 0 Å². The van der Waals surface area contributed by atoms with Crippen molar-refractivity contribution < 1.29 is 18.7 Å². The smallest absolute Gasteiger partial charge is 0.166 e. The van der Waals surface area contributed by atoms with Crippen LogP contribution >= 0.6 is 11.6 Å². The predicted octanol–water partition coefficient (Wildman–Crippen LogP) is 5.49. The monoisotopic (exact) mass is 364 g/mol. The van der Waals surface area contributed by atoms with Crippen molar-refractivity contribution in [3.63, 3.8) is 0 Å². The first-order valence-corrected chi connectivity index (χ1v) is 8.84. The van der Waals surface area contributed by atoms with Crippen molar-refractivity contribution >= 4 is 17.4 Å². The van der Waals surface area contributed by atoms with Crippen molar-refractivity contribution in [1.82, 2.24) is 0 Å². The number of ketones is 1. The molecule has 0 fully saturated rings. The fourth-order valence-electron chi connectivity index (χ4n) is 2.52. The van der Waals surface area contributed by atoms with Crippen LogP contribution in [0.15, 0.2) is 36.4 Å². The summed E-state index contributed by atoms with van der Waals surface area (Å²) in [5, 5.41) is 0. The molecule has 0 aromatic heterocycles. The van der Waals surface area contributed by atoms with Gasteiger partial charge in [0, 0.05) is 23.9 Å². The van der Waals surface area contributed by atoms with Gasteiger partial charge in [-0.3, -0.25) is 4.79 Å². The summed E-state index contributed by atoms with van der Waals surface area (Å²) < 4.78 is 24.4. The number of halogens is 2. The second-order valence-corrected chi connectivity index (χ2v) is 6.00. The van der Waals surface area contributed by atoms with Gasteiger partial charge < -0.3 is 9.47 Å². The zero-order valence-corrected chi connectivity index (χ0v) is 15.2. The minimum Gasteiger partial charge on any atom is -0.496 e. The van der Waals surface area contributed by atoms with Crippen LogP contribution in [-0.4, -0.2) is 25.4 Å². The molecule has 0 aliphatic rings. The Morgan fingerprint density at radius 1 is 1.16 bits per heavy atom. The fraction of sp³-hybridized carbons (Fsp3) is 0.350. The average molecular weight is 365 g/mol. The maximum absolute atomic E-state index is 13.2. The van der Waals surface area contributed by atoms with Gasteiger partial charge in [0.25, 0.3) is 0 Å². The number of methoxy groups -OCH3 is 1. The number of hydrogen-bond acceptors (Lipinski definition) is 3. The summed E-state index contributed by atoms with van der Waals surface area (Å²) in [4.78, 5) is 12.5. The number of Topliss-reactive ketones (excluding diaryl/α,β-unsaturated/α-hetero) is 1. The van der Waals surface area contributed by atoms with E-state index in [9.17, 15) is 9.18 Å². The van der Waals surface area contributed by atoms with Crippen LogP contribution in [0.25, 0.3) is 11.1 Å². The number of hydrogen-bond donors (Lipinski definition) is 0. The summed E-state index contributed by atoms with van der Waals surface area (Å²) in [6, 6.07) is 9.57. The van der Waals surface area contributed by atoms with Gasteiger partial charge in [0.2, 0.25) is 0 Å². The Labute approximate surface area is 152 Å². The molecule has 134 valence electrons. The molecule has 2 aromatic carbocycles. The lowest BCUT2D eigenvalue weighted by atomic mass is 9.97. The standard InChI is InChI=1S/C20H22ClFO3/c1-3-5-18(23)17-12-16(14-6-8-15(22)9-7-14)19(24-2)13-20(17)25-11-4-10-21/h6-9,12-13H,3-5,10-11H2,1-2H3. The maximum atomic E-state index is 13.2. The molecular formula is C20H22ClFO3. The van der Waals surface area contributed by atoms with E-state index in [1.54, 1.807) is 31.4 Å². The van der Waals surface area contributed by atoms with Crippen LogP contribution in [0.3, 0.4) is 0 Å². The summed E-state index contributed by atoms with van der Waals surface area (Å²) in [7, 11) is 1.55. The summed E-state index contributed by atoms with van der Waals surface area (Å²) in [6.07, 6.45) is 1.86. The Kier molecular flexibility index (Phi) is 7.26. The molecule has 0 unspecified atom stereocenters. The van der Waals surface area contributed by atoms with E-state index in [0.29, 0.717) is 42.4 Å². The number of rotatable bonds is 9. The van der Waals surface area contributed by atoms with E-state index in [4.69, 9.17) is 21.1 Å². The second kappa shape index (κ2) is 9.42. The first-order valence-electron chi connectivity index (χ1n) is 8.30. The normalized spacial score (nSPS) is 10.6. The Bertz CT molecular complexity index is 714. The molecule has 3 nitrogen and oxygen atoms in total. The molecule has 0 aliphatic carbocycles. The lowest BCUT2D eigenvalue weighted by Gasteiger charge is -2.16. The molecule has 0 N–H and O–H groups in total. The van der Waals surface area contributed by atoms with Gasteiger partial charge in [0.1, 0.15) is 17.3 Å². The number of alkyl halides is 1. The van der Waals surface area contributed by atoms with Crippen molar-refractivity contribution in [2.24, 2.45) is 0 Å². The van der Waals surface area contributed by atoms with E-state index in [-0.39, 0.29) is 11.6 Å². The Morgan fingerprint density at radius 3 is 2.48 bits per heavy atom. The third-order valence-electron chi connectivity index (χ3n) is 3.77. The molecule has 0 bridgehead atoms. The highest BCUT2D eigenvalue weighted by Crippen LogP contribution is 2.37. The molecule has 0 amide bonds. The molecule has 0 aliphatic heterocycles. The molecule has 0 saturated carbocycles. The van der Waals surface area contributed by atoms with E-state index in [1.165, 1.54) is 12.1 Å². The van der Waals surface area contributed by atoms with Crippen LogP contribution in [0.1, 0.15) is 36.5 Å². The third-order valence-corrected chi connectivity index (χ3v) is 4.04. The Morgan fingerprint density at radius 2 is 1.88 bits per heavy atom. The topological polar surface area (TPSA) is 35.5 Å². The first-order chi connectivity index (χ1) is 12.1. The van der Waals surface area contributed by atoms with Gasteiger partial charge in [-0.15, -0.1) is 11.6 Å². The Hall–Kier alpha value is -2.07. The van der Waals surface area contributed by atoms with Crippen LogP contribution in [0.4, 0.5) is 4.39 Å². The van der Waals surface area contributed by atoms with Crippen molar-refractivity contribution in [2.75, 3.05) is 19.6 Å². The molecule has 0 atom stereocenters. The van der Waals surface area contributed by atoms with Crippen LogP contribution in [0.2, 0.25) is 0 Å². The number of carbonyl (C=O) groups excluding carboxylic acids is 1. The van der Waals surface area contributed by atoms with Crippen molar-refractivity contribution in [1.29, 1.82) is 0 Å². The SMILES string of the molecule is CCCC(=O)c1cc(-c2ccc(F)cc2)c(OC)cc1OCCCCl. The fourth-order valence-corrected chi connectivity index (χ4v) is 2.63. The molecule has 2 rings (SSSR count). The van der Waals surface area contributed by atoms with E-state index in [1.807, 2.05) is 6.92 Å². The molecule has 25 heavy (non-hydrogen) atoms. The van der Waals surface area contributed by atoms with Crippen LogP contribution in [0.5, 0.6) is 11.5 Å². The minimum atomic E-state index is -0.314. The van der Waals surface area contributed by atoms with Gasteiger partial charge in [-0.25, -0.2) is 4.39 Å². The van der Waals surface area contributed by atoms with Gasteiger partial charge in [0.15, 0.2) is 5.78 Å². The maximum Gasteiger partial charge on any atom is 0.166 e. The predicted molar refractivity (Wildman–Crippen MR) is 98.5 cm³/mol. The summed E-state index contributed by atoms with van der Waals surface area (Å²) in [5.41, 5.74) is 2.01. The van der Waals surface area contributed by atoms with Crippen molar-refractivity contribution in [2.45, 2.75) is 26.2 Å². The quantitative estimate of drug-likeness (QED) is 0.335. The molecule has 2 aromatic rings. The first kappa shape index (κ1) is 19.3. The molecule has 0 heterocycles. The minimum absolute atomic E-state index is 0.00869. The van der Waals surface area contributed by atoms with Crippen LogP contribution < -0.4 is 9.47 Å². The zero-order valence-electron chi connectivity index (χ0n) is 14.5. The highest BCUT2D eigenvalue weighted by molar-refractivity contribution is 6.17. The van der Waals surface area contributed by atoms with E-state index >= 15 is 0 Å². The van der Waals surface area contributed by atoms with Gasteiger partial charge in [-0.2, -0.15) is 0 Å². The van der Waals surface area contributed by atoms with Crippen LogP contribution in [0, 0.1) is 5.82 Å². The molecule has 0 radical (unpaired) electrons. The van der Waals surface area contributed by atoms with E-state index in [0.717, 1.165) is 17.5 Å². The number of benzene rings is 2. The number of ether oxygens (including phenoxy) is 2. The van der Waals surface area contributed by atoms with Gasteiger partial charge >= 0.3 is 0 Å². The van der Waals surface area contributed by atoms with Crippen molar-refractivity contribution in [3.8, 4) is 22.6 Å². The van der Waals surface area contributed by atoms with Crippen molar-refractivity contribution in [3.05, 3.63) is 47.8 Å². The summed E-state index contributed by atoms with van der Waals surface area (Å²) in [6.45, 7) is 2.38. The average Bonchev–Trinajstić information content (AvgIpc) is 2.62. The van der Waals surface area contributed by atoms with Gasteiger partial charge in [0.05, 0.1) is 19.3 Å². The highest BCUT2D eigenvalue weighted by Gasteiger charge is 2.18. The molecule has 0 spiro atoms. The molecular weight excluding hydrogens is 343 g/mol.